The van der Waals surface area contributed by atoms with Crippen LogP contribution in [-0.4, -0.2) is 36.1 Å². The lowest BCUT2D eigenvalue weighted by Crippen LogP contribution is -2.26. The number of nitrogens with zero attached hydrogens (tertiary/aromatic N) is 1. The van der Waals surface area contributed by atoms with Crippen molar-refractivity contribution in [1.82, 2.24) is 15.3 Å². The Bertz CT molecular complexity index is 959. The summed E-state index contributed by atoms with van der Waals surface area (Å²) in [6.07, 6.45) is 1.59. The van der Waals surface area contributed by atoms with Gasteiger partial charge in [-0.05, 0) is 36.8 Å². The van der Waals surface area contributed by atoms with Crippen molar-refractivity contribution in [1.29, 1.82) is 0 Å². The molecule has 0 radical (unpaired) electrons. The zero-order chi connectivity index (χ0) is 19.9. The number of rotatable bonds is 9. The fourth-order valence-electron chi connectivity index (χ4n) is 2.70. The Labute approximate surface area is 173 Å². The first-order valence-electron chi connectivity index (χ1n) is 8.92. The van der Waals surface area contributed by atoms with Crippen molar-refractivity contribution < 1.29 is 14.3 Å². The van der Waals surface area contributed by atoms with Gasteiger partial charge < -0.3 is 19.8 Å². The van der Waals surface area contributed by atoms with E-state index < -0.39 is 0 Å². The zero-order valence-corrected chi connectivity index (χ0v) is 16.9. The molecule has 0 atom stereocenters. The maximum atomic E-state index is 12.0. The molecule has 0 saturated heterocycles. The summed E-state index contributed by atoms with van der Waals surface area (Å²) in [6, 6.07) is 10.7. The summed E-state index contributed by atoms with van der Waals surface area (Å²) in [5.41, 5.74) is 1.79. The van der Waals surface area contributed by atoms with E-state index in [-0.39, 0.29) is 5.91 Å². The van der Waals surface area contributed by atoms with E-state index in [4.69, 9.17) is 32.7 Å². The lowest BCUT2D eigenvalue weighted by atomic mass is 10.3. The molecule has 8 heteroatoms. The van der Waals surface area contributed by atoms with Gasteiger partial charge in [-0.15, -0.1) is 0 Å². The molecule has 0 unspecified atom stereocenters. The van der Waals surface area contributed by atoms with Gasteiger partial charge in [0.2, 0.25) is 5.91 Å². The Morgan fingerprint density at radius 2 is 2.07 bits per heavy atom. The summed E-state index contributed by atoms with van der Waals surface area (Å²) in [4.78, 5) is 19.7. The fourth-order valence-corrected chi connectivity index (χ4v) is 3.17. The Hall–Kier alpha value is -2.44. The minimum Gasteiger partial charge on any atom is -0.497 e. The molecule has 148 valence electrons. The van der Waals surface area contributed by atoms with Crippen LogP contribution < -0.4 is 14.8 Å². The molecule has 0 saturated carbocycles. The second-order valence-corrected chi connectivity index (χ2v) is 7.04. The second-order valence-electron chi connectivity index (χ2n) is 6.19. The van der Waals surface area contributed by atoms with E-state index in [1.807, 2.05) is 18.2 Å². The molecular formula is C20H21Cl2N3O3. The van der Waals surface area contributed by atoms with E-state index in [0.717, 1.165) is 22.6 Å². The Morgan fingerprint density at radius 3 is 2.86 bits per heavy atom. The van der Waals surface area contributed by atoms with Gasteiger partial charge in [-0.1, -0.05) is 23.2 Å². The maximum absolute atomic E-state index is 12.0. The molecule has 2 N–H and O–H groups in total. The number of fused-ring (bicyclic) bond motifs is 1. The van der Waals surface area contributed by atoms with Crippen LogP contribution in [0.25, 0.3) is 11.0 Å². The van der Waals surface area contributed by atoms with Crippen molar-refractivity contribution in [3.63, 3.8) is 0 Å². The third-order valence-corrected chi connectivity index (χ3v) is 4.65. The number of amides is 1. The second kappa shape index (κ2) is 9.66. The van der Waals surface area contributed by atoms with Crippen molar-refractivity contribution >= 4 is 40.1 Å². The number of carbonyl (C=O) groups excluding carboxylic acids is 1. The SMILES string of the molecule is COc1ccc2nc(CCNC(=O)CCCOc3ccc(Cl)cc3Cl)[nH]c2c1. The summed E-state index contributed by atoms with van der Waals surface area (Å²) in [7, 11) is 1.63. The highest BCUT2D eigenvalue weighted by molar-refractivity contribution is 6.35. The number of halogens is 2. The number of nitrogens with one attached hydrogen (secondary N) is 2. The van der Waals surface area contributed by atoms with E-state index >= 15 is 0 Å². The summed E-state index contributed by atoms with van der Waals surface area (Å²) in [5, 5.41) is 3.91. The number of ether oxygens (including phenoxy) is 2. The largest absolute Gasteiger partial charge is 0.497 e. The van der Waals surface area contributed by atoms with Gasteiger partial charge in [0.15, 0.2) is 0 Å². The minimum atomic E-state index is -0.0245. The number of methoxy groups -OCH3 is 1. The highest BCUT2D eigenvalue weighted by Crippen LogP contribution is 2.27. The van der Waals surface area contributed by atoms with Crippen LogP contribution in [0.4, 0.5) is 0 Å². The summed E-state index contributed by atoms with van der Waals surface area (Å²) in [5.74, 6) is 2.14. The Morgan fingerprint density at radius 1 is 1.21 bits per heavy atom. The van der Waals surface area contributed by atoms with Crippen LogP contribution in [-0.2, 0) is 11.2 Å². The molecule has 0 aliphatic heterocycles. The van der Waals surface area contributed by atoms with Crippen molar-refractivity contribution in [2.45, 2.75) is 19.3 Å². The number of hydrogen-bond donors (Lipinski definition) is 2. The monoisotopic (exact) mass is 421 g/mol. The van der Waals surface area contributed by atoms with Crippen molar-refractivity contribution in [2.24, 2.45) is 0 Å². The van der Waals surface area contributed by atoms with E-state index in [0.29, 0.717) is 48.2 Å². The number of imidazole rings is 1. The van der Waals surface area contributed by atoms with Crippen LogP contribution in [0.15, 0.2) is 36.4 Å². The standard InChI is InChI=1S/C20H21Cl2N3O3/c1-27-14-5-6-16-17(12-14)25-19(24-16)8-9-23-20(26)3-2-10-28-18-7-4-13(21)11-15(18)22/h4-7,11-12H,2-3,8-10H2,1H3,(H,23,26)(H,24,25). The third-order valence-electron chi connectivity index (χ3n) is 4.12. The molecule has 1 aromatic heterocycles. The quantitative estimate of drug-likeness (QED) is 0.502. The first kappa shape index (κ1) is 20.3. The average molecular weight is 422 g/mol. The van der Waals surface area contributed by atoms with E-state index in [1.165, 1.54) is 0 Å². The van der Waals surface area contributed by atoms with Crippen LogP contribution in [0.5, 0.6) is 11.5 Å². The number of aromatic amines is 1. The molecule has 1 heterocycles. The van der Waals surface area contributed by atoms with Crippen LogP contribution in [0, 0.1) is 0 Å². The summed E-state index contributed by atoms with van der Waals surface area (Å²) < 4.78 is 10.8. The van der Waals surface area contributed by atoms with Crippen molar-refractivity contribution in [3.8, 4) is 11.5 Å². The van der Waals surface area contributed by atoms with Crippen molar-refractivity contribution in [2.75, 3.05) is 20.3 Å². The summed E-state index contributed by atoms with van der Waals surface area (Å²) >= 11 is 11.9. The smallest absolute Gasteiger partial charge is 0.220 e. The number of aromatic nitrogens is 2. The zero-order valence-electron chi connectivity index (χ0n) is 15.4. The number of carbonyl (C=O) groups is 1. The van der Waals surface area contributed by atoms with E-state index in [1.54, 1.807) is 25.3 Å². The van der Waals surface area contributed by atoms with Gasteiger partial charge in [0.05, 0.1) is 29.8 Å². The van der Waals surface area contributed by atoms with Crippen molar-refractivity contribution in [3.05, 3.63) is 52.3 Å². The van der Waals surface area contributed by atoms with Crippen LogP contribution in [0.1, 0.15) is 18.7 Å². The Kier molecular flexibility index (Phi) is 7.01. The minimum absolute atomic E-state index is 0.0245. The molecule has 28 heavy (non-hydrogen) atoms. The normalized spacial score (nSPS) is 10.8. The maximum Gasteiger partial charge on any atom is 0.220 e. The topological polar surface area (TPSA) is 76.2 Å². The first-order valence-corrected chi connectivity index (χ1v) is 9.68. The molecule has 0 fully saturated rings. The third kappa shape index (κ3) is 5.53. The van der Waals surface area contributed by atoms with Crippen LogP contribution in [0.3, 0.4) is 0 Å². The van der Waals surface area contributed by atoms with Gasteiger partial charge >= 0.3 is 0 Å². The average Bonchev–Trinajstić information content (AvgIpc) is 3.08. The predicted octanol–water partition coefficient (Wildman–Crippen LogP) is 4.40. The number of hydrogen-bond acceptors (Lipinski definition) is 4. The molecule has 0 aliphatic carbocycles. The first-order chi connectivity index (χ1) is 13.5. The van der Waals surface area contributed by atoms with Gasteiger partial charge in [0.25, 0.3) is 0 Å². The highest BCUT2D eigenvalue weighted by Gasteiger charge is 2.07. The molecule has 0 spiro atoms. The molecule has 3 rings (SSSR count). The van der Waals surface area contributed by atoms with Gasteiger partial charge in [-0.25, -0.2) is 4.98 Å². The van der Waals surface area contributed by atoms with Gasteiger partial charge in [-0.3, -0.25) is 4.79 Å². The lowest BCUT2D eigenvalue weighted by Gasteiger charge is -2.08. The molecule has 0 bridgehead atoms. The molecule has 1 amide bonds. The van der Waals surface area contributed by atoms with Crippen LogP contribution in [0.2, 0.25) is 10.0 Å². The summed E-state index contributed by atoms with van der Waals surface area (Å²) in [6.45, 7) is 0.917. The lowest BCUT2D eigenvalue weighted by molar-refractivity contribution is -0.121. The van der Waals surface area contributed by atoms with E-state index in [2.05, 4.69) is 15.3 Å². The Balaban J connectivity index is 1.36. The van der Waals surface area contributed by atoms with Gasteiger partial charge in [0, 0.05) is 30.5 Å². The molecular weight excluding hydrogens is 401 g/mol. The molecule has 6 nitrogen and oxygen atoms in total. The fraction of sp³-hybridized carbons (Fsp3) is 0.300. The van der Waals surface area contributed by atoms with Crippen LogP contribution >= 0.6 is 23.2 Å². The molecule has 3 aromatic rings. The van der Waals surface area contributed by atoms with Gasteiger partial charge in [0.1, 0.15) is 17.3 Å². The van der Waals surface area contributed by atoms with Gasteiger partial charge in [-0.2, -0.15) is 0 Å². The number of H-pyrrole nitrogens is 1. The number of benzene rings is 2. The molecule has 0 aliphatic rings. The van der Waals surface area contributed by atoms with E-state index in [9.17, 15) is 4.79 Å². The predicted molar refractivity (Wildman–Crippen MR) is 111 cm³/mol. The highest BCUT2D eigenvalue weighted by atomic mass is 35.5. The molecule has 2 aromatic carbocycles.